The number of nitrogens with one attached hydrogen (secondary N) is 1. The third-order valence-corrected chi connectivity index (χ3v) is 3.30. The van der Waals surface area contributed by atoms with Gasteiger partial charge in [0.05, 0.1) is 0 Å². The predicted molar refractivity (Wildman–Crippen MR) is 61.0 cm³/mol. The fourth-order valence-corrected chi connectivity index (χ4v) is 2.50. The van der Waals surface area contributed by atoms with Crippen LogP contribution in [0.1, 0.15) is 36.9 Å². The molecule has 1 atom stereocenters. The van der Waals surface area contributed by atoms with Gasteiger partial charge >= 0.3 is 0 Å². The van der Waals surface area contributed by atoms with Crippen molar-refractivity contribution >= 4 is 0 Å². The summed E-state index contributed by atoms with van der Waals surface area (Å²) >= 11 is 0. The minimum Gasteiger partial charge on any atom is -0.329 e. The van der Waals surface area contributed by atoms with E-state index in [0.717, 1.165) is 12.1 Å². The van der Waals surface area contributed by atoms with Gasteiger partial charge in [-0.15, -0.1) is 0 Å². The first-order valence-corrected chi connectivity index (χ1v) is 5.65. The number of pyridine rings is 1. The van der Waals surface area contributed by atoms with Crippen LogP contribution < -0.4 is 5.56 Å². The van der Waals surface area contributed by atoms with Gasteiger partial charge in [0.2, 0.25) is 5.56 Å². The number of aromatic nitrogens is 1. The molecule has 1 fully saturated rings. The number of likely N-dealkylation sites (tertiary alicyclic amines) is 1. The van der Waals surface area contributed by atoms with Gasteiger partial charge in [0.25, 0.3) is 0 Å². The van der Waals surface area contributed by atoms with E-state index in [4.69, 9.17) is 0 Å². The second-order valence-corrected chi connectivity index (χ2v) is 4.22. The summed E-state index contributed by atoms with van der Waals surface area (Å²) in [6.07, 6.45) is 4.36. The van der Waals surface area contributed by atoms with Gasteiger partial charge in [-0.05, 0) is 44.0 Å². The standard InChI is InChI=1S/C12H18N2O/c1-3-14-6-4-5-11(14)10-8-13-12(15)7-9(10)2/h7-8,11H,3-6H2,1-2H3,(H,13,15)/t11-/m1/s1. The lowest BCUT2D eigenvalue weighted by molar-refractivity contribution is 0.270. The molecule has 2 rings (SSSR count). The Morgan fingerprint density at radius 2 is 2.40 bits per heavy atom. The van der Waals surface area contributed by atoms with Crippen LogP contribution in [0.5, 0.6) is 0 Å². The minimum absolute atomic E-state index is 0.00250. The number of aryl methyl sites for hydroxylation is 1. The highest BCUT2D eigenvalue weighted by molar-refractivity contribution is 5.25. The summed E-state index contributed by atoms with van der Waals surface area (Å²) in [5.41, 5.74) is 2.40. The van der Waals surface area contributed by atoms with Crippen LogP contribution in [0.2, 0.25) is 0 Å². The summed E-state index contributed by atoms with van der Waals surface area (Å²) in [6, 6.07) is 2.20. The van der Waals surface area contributed by atoms with E-state index < -0.39 is 0 Å². The van der Waals surface area contributed by atoms with Crippen molar-refractivity contribution in [3.8, 4) is 0 Å². The first-order valence-electron chi connectivity index (χ1n) is 5.65. The monoisotopic (exact) mass is 206 g/mol. The van der Waals surface area contributed by atoms with E-state index in [1.165, 1.54) is 24.9 Å². The number of hydrogen-bond acceptors (Lipinski definition) is 2. The van der Waals surface area contributed by atoms with Gasteiger partial charge in [-0.2, -0.15) is 0 Å². The van der Waals surface area contributed by atoms with Gasteiger partial charge in [0.15, 0.2) is 0 Å². The van der Waals surface area contributed by atoms with Crippen LogP contribution in [0.15, 0.2) is 17.1 Å². The zero-order valence-electron chi connectivity index (χ0n) is 9.42. The normalized spacial score (nSPS) is 22.1. The van der Waals surface area contributed by atoms with Crippen molar-refractivity contribution in [2.45, 2.75) is 32.7 Å². The second kappa shape index (κ2) is 4.19. The van der Waals surface area contributed by atoms with E-state index in [1.54, 1.807) is 6.07 Å². The first kappa shape index (κ1) is 10.4. The van der Waals surface area contributed by atoms with E-state index >= 15 is 0 Å². The van der Waals surface area contributed by atoms with Crippen molar-refractivity contribution in [3.63, 3.8) is 0 Å². The number of rotatable bonds is 2. The molecule has 0 saturated carbocycles. The minimum atomic E-state index is -0.00250. The fourth-order valence-electron chi connectivity index (χ4n) is 2.50. The van der Waals surface area contributed by atoms with Crippen LogP contribution in [0.25, 0.3) is 0 Å². The maximum atomic E-state index is 11.1. The molecule has 0 aromatic carbocycles. The third kappa shape index (κ3) is 1.97. The smallest absolute Gasteiger partial charge is 0.248 e. The Hall–Kier alpha value is -1.09. The highest BCUT2D eigenvalue weighted by Crippen LogP contribution is 2.32. The lowest BCUT2D eigenvalue weighted by atomic mass is 10.0. The molecule has 0 amide bonds. The molecule has 1 N–H and O–H groups in total. The van der Waals surface area contributed by atoms with Gasteiger partial charge < -0.3 is 4.98 Å². The van der Waals surface area contributed by atoms with Gasteiger partial charge in [-0.3, -0.25) is 9.69 Å². The van der Waals surface area contributed by atoms with Gasteiger partial charge in [-0.25, -0.2) is 0 Å². The Balaban J connectivity index is 2.32. The van der Waals surface area contributed by atoms with Crippen molar-refractivity contribution in [1.82, 2.24) is 9.88 Å². The van der Waals surface area contributed by atoms with E-state index in [9.17, 15) is 4.79 Å². The molecular weight excluding hydrogens is 188 g/mol. The number of nitrogens with zero attached hydrogens (tertiary/aromatic N) is 1. The molecule has 0 bridgehead atoms. The Morgan fingerprint density at radius 3 is 3.07 bits per heavy atom. The molecule has 0 unspecified atom stereocenters. The highest BCUT2D eigenvalue weighted by Gasteiger charge is 2.25. The lowest BCUT2D eigenvalue weighted by Crippen LogP contribution is -2.24. The van der Waals surface area contributed by atoms with E-state index in [2.05, 4.69) is 16.8 Å². The maximum absolute atomic E-state index is 11.1. The number of H-pyrrole nitrogens is 1. The summed E-state index contributed by atoms with van der Waals surface area (Å²) in [4.78, 5) is 16.4. The quantitative estimate of drug-likeness (QED) is 0.801. The molecule has 1 aromatic heterocycles. The zero-order chi connectivity index (χ0) is 10.8. The van der Waals surface area contributed by atoms with Crippen LogP contribution in [0.3, 0.4) is 0 Å². The molecule has 0 spiro atoms. The zero-order valence-corrected chi connectivity index (χ0v) is 9.42. The van der Waals surface area contributed by atoms with Crippen molar-refractivity contribution in [2.75, 3.05) is 13.1 Å². The molecule has 0 aliphatic carbocycles. The Labute approximate surface area is 90.1 Å². The molecule has 15 heavy (non-hydrogen) atoms. The molecule has 1 saturated heterocycles. The van der Waals surface area contributed by atoms with E-state index in [-0.39, 0.29) is 5.56 Å². The largest absolute Gasteiger partial charge is 0.329 e. The van der Waals surface area contributed by atoms with Crippen molar-refractivity contribution in [2.24, 2.45) is 0 Å². The third-order valence-electron chi connectivity index (χ3n) is 3.30. The molecule has 1 aliphatic heterocycles. The summed E-state index contributed by atoms with van der Waals surface area (Å²) in [7, 11) is 0. The summed E-state index contributed by atoms with van der Waals surface area (Å²) in [6.45, 7) is 6.49. The van der Waals surface area contributed by atoms with Crippen LogP contribution in [0.4, 0.5) is 0 Å². The molecular formula is C12H18N2O. The molecule has 2 heterocycles. The number of hydrogen-bond donors (Lipinski definition) is 1. The van der Waals surface area contributed by atoms with Crippen LogP contribution in [-0.4, -0.2) is 23.0 Å². The Kier molecular flexibility index (Phi) is 2.91. The van der Waals surface area contributed by atoms with Crippen LogP contribution in [0, 0.1) is 6.92 Å². The highest BCUT2D eigenvalue weighted by atomic mass is 16.1. The van der Waals surface area contributed by atoms with E-state index in [0.29, 0.717) is 6.04 Å². The van der Waals surface area contributed by atoms with Crippen molar-refractivity contribution < 1.29 is 0 Å². The average Bonchev–Trinajstić information content (AvgIpc) is 2.65. The predicted octanol–water partition coefficient (Wildman–Crippen LogP) is 1.84. The van der Waals surface area contributed by atoms with Gasteiger partial charge in [0, 0.05) is 18.3 Å². The molecule has 3 nitrogen and oxygen atoms in total. The second-order valence-electron chi connectivity index (χ2n) is 4.22. The van der Waals surface area contributed by atoms with E-state index in [1.807, 2.05) is 13.1 Å². The molecule has 1 aromatic rings. The lowest BCUT2D eigenvalue weighted by Gasteiger charge is -2.24. The molecule has 0 radical (unpaired) electrons. The maximum Gasteiger partial charge on any atom is 0.248 e. The van der Waals surface area contributed by atoms with Crippen molar-refractivity contribution in [1.29, 1.82) is 0 Å². The van der Waals surface area contributed by atoms with Gasteiger partial charge in [0.1, 0.15) is 0 Å². The Morgan fingerprint density at radius 1 is 1.60 bits per heavy atom. The summed E-state index contributed by atoms with van der Waals surface area (Å²) in [5.74, 6) is 0. The summed E-state index contributed by atoms with van der Waals surface area (Å²) < 4.78 is 0. The topological polar surface area (TPSA) is 36.1 Å². The fraction of sp³-hybridized carbons (Fsp3) is 0.583. The van der Waals surface area contributed by atoms with Crippen LogP contribution >= 0.6 is 0 Å². The molecule has 1 aliphatic rings. The van der Waals surface area contributed by atoms with Crippen molar-refractivity contribution in [3.05, 3.63) is 33.7 Å². The summed E-state index contributed by atoms with van der Waals surface area (Å²) in [5, 5.41) is 0. The van der Waals surface area contributed by atoms with Gasteiger partial charge in [-0.1, -0.05) is 6.92 Å². The molecule has 82 valence electrons. The first-order chi connectivity index (χ1) is 7.22. The average molecular weight is 206 g/mol. The number of aromatic amines is 1. The Bertz CT molecular complexity index is 397. The van der Waals surface area contributed by atoms with Crippen LogP contribution in [-0.2, 0) is 0 Å². The molecule has 3 heteroatoms. The SMILES string of the molecule is CCN1CCC[C@@H]1c1c[nH]c(=O)cc1C.